The Morgan fingerprint density at radius 1 is 1.15 bits per heavy atom. The van der Waals surface area contributed by atoms with Gasteiger partial charge in [-0.25, -0.2) is 0 Å². The lowest BCUT2D eigenvalue weighted by Crippen LogP contribution is -2.07. The van der Waals surface area contributed by atoms with Gasteiger partial charge in [-0.05, 0) is 31.9 Å². The minimum absolute atomic E-state index is 0.190. The molecule has 0 bridgehead atoms. The van der Waals surface area contributed by atoms with Crippen LogP contribution in [0.25, 0.3) is 0 Å². The fraction of sp³-hybridized carbons (Fsp3) is 0.250. The molecule has 0 aliphatic rings. The first-order valence-electron chi connectivity index (χ1n) is 6.61. The van der Waals surface area contributed by atoms with E-state index in [2.05, 4.69) is 31.3 Å². The van der Waals surface area contributed by atoms with Crippen molar-refractivity contribution >= 4 is 11.4 Å². The number of nitro benzene ring substituents is 1. The zero-order chi connectivity index (χ0) is 14.5. The number of aryl methyl sites for hydroxylation is 2. The molecule has 0 atom stereocenters. The van der Waals surface area contributed by atoms with Crippen molar-refractivity contribution in [2.45, 2.75) is 20.3 Å². The molecule has 0 unspecified atom stereocenters. The lowest BCUT2D eigenvalue weighted by Gasteiger charge is -2.10. The van der Waals surface area contributed by atoms with E-state index >= 15 is 0 Å². The minimum atomic E-state index is -0.327. The van der Waals surface area contributed by atoms with Crippen LogP contribution in [0.4, 0.5) is 11.4 Å². The number of nitro groups is 1. The maximum absolute atomic E-state index is 10.9. The second-order valence-electron chi connectivity index (χ2n) is 4.88. The van der Waals surface area contributed by atoms with Gasteiger partial charge in [0.05, 0.1) is 4.92 Å². The summed E-state index contributed by atoms with van der Waals surface area (Å²) in [5.74, 6) is 0. The van der Waals surface area contributed by atoms with E-state index in [9.17, 15) is 10.1 Å². The van der Waals surface area contributed by atoms with Gasteiger partial charge in [-0.3, -0.25) is 10.1 Å². The topological polar surface area (TPSA) is 55.2 Å². The standard InChI is InChI=1S/C16H18N2O2/c1-12-7-8-15(13(2)11-12)17-10-9-14-5-3-4-6-16(14)18(19)20/h3-8,11,17H,9-10H2,1-2H3. The smallest absolute Gasteiger partial charge is 0.272 e. The Morgan fingerprint density at radius 2 is 1.90 bits per heavy atom. The SMILES string of the molecule is Cc1ccc(NCCc2ccccc2[N+](=O)[O-])c(C)c1. The molecule has 0 aliphatic heterocycles. The number of para-hydroxylation sites is 1. The summed E-state index contributed by atoms with van der Waals surface area (Å²) in [6.07, 6.45) is 0.629. The Kier molecular flexibility index (Phi) is 4.35. The second kappa shape index (κ2) is 6.19. The maximum atomic E-state index is 10.9. The van der Waals surface area contributed by atoms with Crippen LogP contribution in [-0.4, -0.2) is 11.5 Å². The normalized spacial score (nSPS) is 10.3. The molecular formula is C16H18N2O2. The zero-order valence-corrected chi connectivity index (χ0v) is 11.7. The highest BCUT2D eigenvalue weighted by Gasteiger charge is 2.11. The molecule has 104 valence electrons. The van der Waals surface area contributed by atoms with Crippen molar-refractivity contribution < 1.29 is 4.92 Å². The third kappa shape index (κ3) is 3.35. The number of benzene rings is 2. The molecule has 0 amide bonds. The Balaban J connectivity index is 2.01. The van der Waals surface area contributed by atoms with E-state index < -0.39 is 0 Å². The van der Waals surface area contributed by atoms with Crippen LogP contribution in [0.1, 0.15) is 16.7 Å². The first-order chi connectivity index (χ1) is 9.58. The highest BCUT2D eigenvalue weighted by Crippen LogP contribution is 2.19. The molecule has 1 N–H and O–H groups in total. The molecule has 0 aliphatic carbocycles. The fourth-order valence-corrected chi connectivity index (χ4v) is 2.24. The third-order valence-electron chi connectivity index (χ3n) is 3.28. The van der Waals surface area contributed by atoms with Gasteiger partial charge in [0.25, 0.3) is 5.69 Å². The van der Waals surface area contributed by atoms with E-state index in [4.69, 9.17) is 0 Å². The van der Waals surface area contributed by atoms with Crippen molar-refractivity contribution in [2.75, 3.05) is 11.9 Å². The van der Waals surface area contributed by atoms with Crippen LogP contribution in [0.5, 0.6) is 0 Å². The molecule has 0 saturated carbocycles. The largest absolute Gasteiger partial charge is 0.384 e. The van der Waals surface area contributed by atoms with Crippen molar-refractivity contribution in [1.82, 2.24) is 0 Å². The van der Waals surface area contributed by atoms with Crippen LogP contribution in [-0.2, 0) is 6.42 Å². The quantitative estimate of drug-likeness (QED) is 0.663. The Morgan fingerprint density at radius 3 is 2.60 bits per heavy atom. The summed E-state index contributed by atoms with van der Waals surface area (Å²) in [4.78, 5) is 10.6. The lowest BCUT2D eigenvalue weighted by atomic mass is 10.1. The molecule has 2 rings (SSSR count). The van der Waals surface area contributed by atoms with Crippen LogP contribution in [0.15, 0.2) is 42.5 Å². The molecule has 2 aromatic rings. The van der Waals surface area contributed by atoms with E-state index in [1.54, 1.807) is 12.1 Å². The number of nitrogens with one attached hydrogen (secondary N) is 1. The number of anilines is 1. The van der Waals surface area contributed by atoms with Gasteiger partial charge in [0, 0.05) is 23.9 Å². The van der Waals surface area contributed by atoms with Crippen molar-refractivity contribution in [3.63, 3.8) is 0 Å². The molecule has 4 heteroatoms. The molecule has 20 heavy (non-hydrogen) atoms. The highest BCUT2D eigenvalue weighted by atomic mass is 16.6. The monoisotopic (exact) mass is 270 g/mol. The summed E-state index contributed by atoms with van der Waals surface area (Å²) >= 11 is 0. The van der Waals surface area contributed by atoms with Crippen molar-refractivity contribution in [3.8, 4) is 0 Å². The maximum Gasteiger partial charge on any atom is 0.272 e. The van der Waals surface area contributed by atoms with Crippen molar-refractivity contribution in [1.29, 1.82) is 0 Å². The number of hydrogen-bond acceptors (Lipinski definition) is 3. The molecule has 2 aromatic carbocycles. The van der Waals surface area contributed by atoms with E-state index in [0.717, 1.165) is 11.3 Å². The Bertz CT molecular complexity index is 624. The predicted molar refractivity (Wildman–Crippen MR) is 81.2 cm³/mol. The second-order valence-corrected chi connectivity index (χ2v) is 4.88. The fourth-order valence-electron chi connectivity index (χ4n) is 2.24. The molecule has 0 aromatic heterocycles. The Labute approximate surface area is 118 Å². The number of nitrogens with zero attached hydrogens (tertiary/aromatic N) is 1. The first kappa shape index (κ1) is 14.1. The molecule has 0 fully saturated rings. The highest BCUT2D eigenvalue weighted by molar-refractivity contribution is 5.52. The van der Waals surface area contributed by atoms with E-state index in [1.807, 2.05) is 18.2 Å². The van der Waals surface area contributed by atoms with Gasteiger partial charge in [-0.1, -0.05) is 35.9 Å². The van der Waals surface area contributed by atoms with Gasteiger partial charge in [-0.15, -0.1) is 0 Å². The van der Waals surface area contributed by atoms with E-state index in [-0.39, 0.29) is 10.6 Å². The van der Waals surface area contributed by atoms with Gasteiger partial charge in [0.2, 0.25) is 0 Å². The molecule has 4 nitrogen and oxygen atoms in total. The van der Waals surface area contributed by atoms with Crippen LogP contribution in [0, 0.1) is 24.0 Å². The van der Waals surface area contributed by atoms with Crippen LogP contribution < -0.4 is 5.32 Å². The van der Waals surface area contributed by atoms with Gasteiger partial charge in [-0.2, -0.15) is 0 Å². The summed E-state index contributed by atoms with van der Waals surface area (Å²) in [6, 6.07) is 13.1. The van der Waals surface area contributed by atoms with Crippen LogP contribution >= 0.6 is 0 Å². The van der Waals surface area contributed by atoms with Crippen molar-refractivity contribution in [2.24, 2.45) is 0 Å². The molecule has 0 saturated heterocycles. The van der Waals surface area contributed by atoms with E-state index in [0.29, 0.717) is 13.0 Å². The van der Waals surface area contributed by atoms with E-state index in [1.165, 1.54) is 11.1 Å². The molecule has 0 radical (unpaired) electrons. The van der Waals surface area contributed by atoms with Crippen LogP contribution in [0.2, 0.25) is 0 Å². The summed E-state index contributed by atoms with van der Waals surface area (Å²) in [5, 5.41) is 14.3. The van der Waals surface area contributed by atoms with Gasteiger partial charge in [0.1, 0.15) is 0 Å². The number of hydrogen-bond donors (Lipinski definition) is 1. The minimum Gasteiger partial charge on any atom is -0.384 e. The zero-order valence-electron chi connectivity index (χ0n) is 11.7. The first-order valence-corrected chi connectivity index (χ1v) is 6.61. The summed E-state index contributed by atoms with van der Waals surface area (Å²) < 4.78 is 0. The van der Waals surface area contributed by atoms with Gasteiger partial charge < -0.3 is 5.32 Å². The van der Waals surface area contributed by atoms with Crippen LogP contribution in [0.3, 0.4) is 0 Å². The third-order valence-corrected chi connectivity index (χ3v) is 3.28. The average Bonchev–Trinajstić information content (AvgIpc) is 2.41. The van der Waals surface area contributed by atoms with Gasteiger partial charge >= 0.3 is 0 Å². The Hall–Kier alpha value is -2.36. The molecule has 0 spiro atoms. The number of rotatable bonds is 5. The summed E-state index contributed by atoms with van der Waals surface area (Å²) in [7, 11) is 0. The predicted octanol–water partition coefficient (Wildman–Crippen LogP) is 3.87. The van der Waals surface area contributed by atoms with Crippen molar-refractivity contribution in [3.05, 3.63) is 69.3 Å². The molecule has 0 heterocycles. The lowest BCUT2D eigenvalue weighted by molar-refractivity contribution is -0.385. The molecular weight excluding hydrogens is 252 g/mol. The summed E-state index contributed by atoms with van der Waals surface area (Å²) in [5.41, 5.74) is 4.44. The van der Waals surface area contributed by atoms with Gasteiger partial charge in [0.15, 0.2) is 0 Å². The average molecular weight is 270 g/mol. The summed E-state index contributed by atoms with van der Waals surface area (Å²) in [6.45, 7) is 4.79.